The number of nitrogens with zero attached hydrogens (tertiary/aromatic N) is 1. The molecule has 0 aromatic heterocycles. The maximum atomic E-state index is 12.7. The standard InChI is InChI=1S/C16H24N2O/c1-4-16(9-10-17-12-16)15(19)18(3)11-14-7-5-13(2)6-8-14/h5-8,17H,4,9-12H2,1-3H3. The van der Waals surface area contributed by atoms with E-state index in [9.17, 15) is 4.79 Å². The fraction of sp³-hybridized carbons (Fsp3) is 0.562. The summed E-state index contributed by atoms with van der Waals surface area (Å²) in [4.78, 5) is 14.5. The van der Waals surface area contributed by atoms with Gasteiger partial charge in [-0.1, -0.05) is 36.8 Å². The van der Waals surface area contributed by atoms with E-state index in [1.807, 2.05) is 11.9 Å². The Bertz CT molecular complexity index is 433. The molecule has 1 aliphatic heterocycles. The van der Waals surface area contributed by atoms with E-state index in [2.05, 4.69) is 43.4 Å². The van der Waals surface area contributed by atoms with Crippen LogP contribution in [0.25, 0.3) is 0 Å². The first-order valence-corrected chi connectivity index (χ1v) is 7.09. The van der Waals surface area contributed by atoms with Crippen molar-refractivity contribution in [2.24, 2.45) is 5.41 Å². The molecule has 1 amide bonds. The summed E-state index contributed by atoms with van der Waals surface area (Å²) in [5.74, 6) is 0.278. The van der Waals surface area contributed by atoms with Gasteiger partial charge in [0, 0.05) is 20.1 Å². The molecule has 0 saturated carbocycles. The summed E-state index contributed by atoms with van der Waals surface area (Å²) in [5, 5.41) is 3.32. The molecular formula is C16H24N2O. The summed E-state index contributed by atoms with van der Waals surface area (Å²) in [7, 11) is 1.91. The highest BCUT2D eigenvalue weighted by molar-refractivity contribution is 5.83. The minimum Gasteiger partial charge on any atom is -0.341 e. The predicted molar refractivity (Wildman–Crippen MR) is 77.9 cm³/mol. The second-order valence-electron chi connectivity index (χ2n) is 5.71. The maximum Gasteiger partial charge on any atom is 0.230 e. The predicted octanol–water partition coefficient (Wildman–Crippen LogP) is 2.34. The van der Waals surface area contributed by atoms with Crippen molar-refractivity contribution in [3.63, 3.8) is 0 Å². The molecule has 0 bridgehead atoms. The van der Waals surface area contributed by atoms with Gasteiger partial charge in [-0.3, -0.25) is 4.79 Å². The zero-order chi connectivity index (χ0) is 13.9. The van der Waals surface area contributed by atoms with E-state index in [4.69, 9.17) is 0 Å². The molecule has 0 spiro atoms. The molecule has 1 atom stereocenters. The summed E-state index contributed by atoms with van der Waals surface area (Å²) >= 11 is 0. The fourth-order valence-electron chi connectivity index (χ4n) is 2.82. The molecule has 1 unspecified atom stereocenters. The molecule has 1 heterocycles. The number of hydrogen-bond acceptors (Lipinski definition) is 2. The maximum absolute atomic E-state index is 12.7. The van der Waals surface area contributed by atoms with Gasteiger partial charge in [-0.2, -0.15) is 0 Å². The van der Waals surface area contributed by atoms with E-state index in [-0.39, 0.29) is 11.3 Å². The lowest BCUT2D eigenvalue weighted by atomic mass is 9.83. The lowest BCUT2D eigenvalue weighted by Crippen LogP contribution is -2.42. The smallest absolute Gasteiger partial charge is 0.230 e. The Morgan fingerprint density at radius 2 is 2.05 bits per heavy atom. The van der Waals surface area contributed by atoms with Crippen molar-refractivity contribution >= 4 is 5.91 Å². The minimum absolute atomic E-state index is 0.181. The van der Waals surface area contributed by atoms with Gasteiger partial charge in [0.2, 0.25) is 5.91 Å². The number of carbonyl (C=O) groups excluding carboxylic acids is 1. The van der Waals surface area contributed by atoms with Gasteiger partial charge in [-0.15, -0.1) is 0 Å². The summed E-state index contributed by atoms with van der Waals surface area (Å²) in [5.41, 5.74) is 2.26. The largest absolute Gasteiger partial charge is 0.341 e. The molecule has 104 valence electrons. The van der Waals surface area contributed by atoms with E-state index in [1.165, 1.54) is 11.1 Å². The third kappa shape index (κ3) is 2.98. The monoisotopic (exact) mass is 260 g/mol. The molecule has 19 heavy (non-hydrogen) atoms. The van der Waals surface area contributed by atoms with Crippen molar-refractivity contribution in [3.05, 3.63) is 35.4 Å². The van der Waals surface area contributed by atoms with Gasteiger partial charge in [0.05, 0.1) is 5.41 Å². The first kappa shape index (κ1) is 14.1. The first-order valence-electron chi connectivity index (χ1n) is 7.09. The Morgan fingerprint density at radius 3 is 2.58 bits per heavy atom. The van der Waals surface area contributed by atoms with Crippen LogP contribution < -0.4 is 5.32 Å². The number of hydrogen-bond donors (Lipinski definition) is 1. The quantitative estimate of drug-likeness (QED) is 0.901. The van der Waals surface area contributed by atoms with Crippen LogP contribution in [0.4, 0.5) is 0 Å². The summed E-state index contributed by atoms with van der Waals surface area (Å²) < 4.78 is 0. The van der Waals surface area contributed by atoms with Crippen molar-refractivity contribution in [2.45, 2.75) is 33.2 Å². The van der Waals surface area contributed by atoms with Gasteiger partial charge in [-0.05, 0) is 31.9 Å². The van der Waals surface area contributed by atoms with Crippen LogP contribution in [0.2, 0.25) is 0 Å². The third-order valence-corrected chi connectivity index (χ3v) is 4.26. The Labute approximate surface area is 116 Å². The van der Waals surface area contributed by atoms with Crippen molar-refractivity contribution < 1.29 is 4.79 Å². The second-order valence-corrected chi connectivity index (χ2v) is 5.71. The molecule has 0 radical (unpaired) electrons. The summed E-state index contributed by atoms with van der Waals surface area (Å²) in [6, 6.07) is 8.40. The summed E-state index contributed by atoms with van der Waals surface area (Å²) in [6.07, 6.45) is 1.87. The number of amides is 1. The lowest BCUT2D eigenvalue weighted by molar-refractivity contribution is -0.140. The van der Waals surface area contributed by atoms with Gasteiger partial charge in [-0.25, -0.2) is 0 Å². The molecule has 1 aliphatic rings. The van der Waals surface area contributed by atoms with Crippen molar-refractivity contribution in [1.29, 1.82) is 0 Å². The van der Waals surface area contributed by atoms with Crippen molar-refractivity contribution in [1.82, 2.24) is 10.2 Å². The van der Waals surface area contributed by atoms with Gasteiger partial charge >= 0.3 is 0 Å². The van der Waals surface area contributed by atoms with E-state index < -0.39 is 0 Å². The Kier molecular flexibility index (Phi) is 4.25. The van der Waals surface area contributed by atoms with Crippen LogP contribution in [0, 0.1) is 12.3 Å². The van der Waals surface area contributed by atoms with Crippen LogP contribution >= 0.6 is 0 Å². The molecule has 1 fully saturated rings. The van der Waals surface area contributed by atoms with Crippen LogP contribution in [0.5, 0.6) is 0 Å². The topological polar surface area (TPSA) is 32.3 Å². The lowest BCUT2D eigenvalue weighted by Gasteiger charge is -2.31. The van der Waals surface area contributed by atoms with Crippen molar-refractivity contribution in [2.75, 3.05) is 20.1 Å². The molecule has 3 heteroatoms. The normalized spacial score (nSPS) is 22.5. The molecule has 1 N–H and O–H groups in total. The van der Waals surface area contributed by atoms with E-state index in [1.54, 1.807) is 0 Å². The summed E-state index contributed by atoms with van der Waals surface area (Å²) in [6.45, 7) is 6.67. The number of benzene rings is 1. The van der Waals surface area contributed by atoms with E-state index in [0.29, 0.717) is 6.54 Å². The van der Waals surface area contributed by atoms with Crippen LogP contribution in [-0.2, 0) is 11.3 Å². The minimum atomic E-state index is -0.181. The Balaban J connectivity index is 2.04. The second kappa shape index (κ2) is 5.74. The van der Waals surface area contributed by atoms with Crippen LogP contribution in [0.15, 0.2) is 24.3 Å². The number of aryl methyl sites for hydroxylation is 1. The first-order chi connectivity index (χ1) is 9.07. The van der Waals surface area contributed by atoms with E-state index >= 15 is 0 Å². The average molecular weight is 260 g/mol. The highest BCUT2D eigenvalue weighted by atomic mass is 16.2. The van der Waals surface area contributed by atoms with Gasteiger partial charge in [0.1, 0.15) is 0 Å². The molecular weight excluding hydrogens is 236 g/mol. The molecule has 2 rings (SSSR count). The average Bonchev–Trinajstić information content (AvgIpc) is 2.90. The molecule has 1 aromatic carbocycles. The Morgan fingerprint density at radius 1 is 1.37 bits per heavy atom. The van der Waals surface area contributed by atoms with E-state index in [0.717, 1.165) is 25.9 Å². The molecule has 1 aromatic rings. The van der Waals surface area contributed by atoms with Gasteiger partial charge in [0.15, 0.2) is 0 Å². The highest BCUT2D eigenvalue weighted by Gasteiger charge is 2.40. The fourth-order valence-corrected chi connectivity index (χ4v) is 2.82. The molecule has 3 nitrogen and oxygen atoms in total. The zero-order valence-electron chi connectivity index (χ0n) is 12.2. The van der Waals surface area contributed by atoms with Crippen LogP contribution in [0.3, 0.4) is 0 Å². The molecule has 1 saturated heterocycles. The van der Waals surface area contributed by atoms with Crippen molar-refractivity contribution in [3.8, 4) is 0 Å². The Hall–Kier alpha value is -1.35. The third-order valence-electron chi connectivity index (χ3n) is 4.26. The zero-order valence-corrected chi connectivity index (χ0v) is 12.2. The van der Waals surface area contributed by atoms with Crippen LogP contribution in [-0.4, -0.2) is 30.9 Å². The van der Waals surface area contributed by atoms with Gasteiger partial charge < -0.3 is 10.2 Å². The number of rotatable bonds is 4. The number of carbonyl (C=O) groups is 1. The number of nitrogens with one attached hydrogen (secondary N) is 1. The van der Waals surface area contributed by atoms with Crippen LogP contribution in [0.1, 0.15) is 30.9 Å². The SMILES string of the molecule is CCC1(C(=O)N(C)Cc2ccc(C)cc2)CCNC1. The molecule has 0 aliphatic carbocycles. The van der Waals surface area contributed by atoms with Gasteiger partial charge in [0.25, 0.3) is 0 Å². The highest BCUT2D eigenvalue weighted by Crippen LogP contribution is 2.31.